The lowest BCUT2D eigenvalue weighted by molar-refractivity contribution is -0.133. The number of rotatable bonds is 5. The second-order valence-electron chi connectivity index (χ2n) is 3.70. The van der Waals surface area contributed by atoms with Crippen molar-refractivity contribution in [1.29, 1.82) is 0 Å². The Morgan fingerprint density at radius 2 is 2.16 bits per heavy atom. The largest absolute Gasteiger partial charge is 0.336 e. The molecule has 6 nitrogen and oxygen atoms in total. The van der Waals surface area contributed by atoms with Crippen LogP contribution in [0.25, 0.3) is 0 Å². The van der Waals surface area contributed by atoms with Crippen molar-refractivity contribution >= 4 is 46.0 Å². The van der Waals surface area contributed by atoms with Crippen LogP contribution in [0.2, 0.25) is 0 Å². The zero-order valence-corrected chi connectivity index (χ0v) is 12.8. The van der Waals surface area contributed by atoms with E-state index in [1.807, 2.05) is 0 Å². The molecule has 1 rings (SSSR count). The minimum Gasteiger partial charge on any atom is -0.336 e. The Bertz CT molecular complexity index is 427. The lowest BCUT2D eigenvalue weighted by Gasteiger charge is -2.16. The highest BCUT2D eigenvalue weighted by Crippen LogP contribution is 2.10. The van der Waals surface area contributed by atoms with Gasteiger partial charge >= 0.3 is 0 Å². The topological polar surface area (TPSA) is 88.3 Å². The lowest BCUT2D eigenvalue weighted by atomic mass is 10.3. The van der Waals surface area contributed by atoms with Gasteiger partial charge in [0.1, 0.15) is 5.82 Å². The molecule has 0 saturated carbocycles. The molecule has 0 aromatic carbocycles. The van der Waals surface area contributed by atoms with Crippen molar-refractivity contribution in [2.24, 2.45) is 5.73 Å². The smallest absolute Gasteiger partial charge is 0.245 e. The predicted octanol–water partition coefficient (Wildman–Crippen LogP) is 1.01. The zero-order chi connectivity index (χ0) is 13.5. The number of pyridine rings is 1. The molecule has 19 heavy (non-hydrogen) atoms. The van der Waals surface area contributed by atoms with Crippen LogP contribution in [-0.2, 0) is 9.59 Å². The predicted molar refractivity (Wildman–Crippen MR) is 79.1 cm³/mol. The number of nitrogens with zero attached hydrogens (tertiary/aromatic N) is 2. The Hall–Kier alpha value is -1.18. The van der Waals surface area contributed by atoms with Gasteiger partial charge in [-0.25, -0.2) is 4.98 Å². The van der Waals surface area contributed by atoms with Crippen molar-refractivity contribution in [2.45, 2.75) is 6.42 Å². The number of nitrogens with two attached hydrogens (primary N) is 1. The van der Waals surface area contributed by atoms with Crippen LogP contribution in [0.3, 0.4) is 0 Å². The van der Waals surface area contributed by atoms with E-state index in [1.54, 1.807) is 25.4 Å². The van der Waals surface area contributed by atoms with Crippen molar-refractivity contribution in [3.63, 3.8) is 0 Å². The normalized spacial score (nSPS) is 9.42. The fourth-order valence-corrected chi connectivity index (χ4v) is 1.48. The second-order valence-corrected chi connectivity index (χ2v) is 4.61. The van der Waals surface area contributed by atoms with Gasteiger partial charge in [-0.3, -0.25) is 9.59 Å². The maximum atomic E-state index is 11.6. The minimum atomic E-state index is -0.294. The molecule has 0 spiro atoms. The zero-order valence-electron chi connectivity index (χ0n) is 10.4. The fraction of sp³-hybridized carbons (Fsp3) is 0.364. The second kappa shape index (κ2) is 8.84. The third-order valence-corrected chi connectivity index (χ3v) is 2.63. The summed E-state index contributed by atoms with van der Waals surface area (Å²) in [6.07, 6.45) is 1.82. The molecule has 0 bridgehead atoms. The summed E-state index contributed by atoms with van der Waals surface area (Å²) in [5.74, 6) is -0.00279. The minimum absolute atomic E-state index is 0. The van der Waals surface area contributed by atoms with Gasteiger partial charge in [0.15, 0.2) is 0 Å². The van der Waals surface area contributed by atoms with E-state index in [4.69, 9.17) is 5.73 Å². The van der Waals surface area contributed by atoms with Crippen LogP contribution in [0.5, 0.6) is 0 Å². The maximum Gasteiger partial charge on any atom is 0.245 e. The number of halogens is 2. The number of carbonyl (C=O) groups is 2. The van der Waals surface area contributed by atoms with Crippen molar-refractivity contribution in [3.8, 4) is 0 Å². The van der Waals surface area contributed by atoms with Crippen molar-refractivity contribution in [1.82, 2.24) is 9.88 Å². The van der Waals surface area contributed by atoms with Gasteiger partial charge in [0, 0.05) is 30.7 Å². The molecule has 8 heteroatoms. The lowest BCUT2D eigenvalue weighted by Crippen LogP contribution is -2.35. The number of nitrogens with one attached hydrogen (secondary N) is 1. The SMILES string of the molecule is CN(CC(=O)Nc1ccc(Br)cn1)C(=O)CCN.Cl. The Morgan fingerprint density at radius 3 is 2.68 bits per heavy atom. The van der Waals surface area contributed by atoms with Crippen LogP contribution in [0.1, 0.15) is 6.42 Å². The van der Waals surface area contributed by atoms with Gasteiger partial charge in [-0.15, -0.1) is 12.4 Å². The number of likely N-dealkylation sites (N-methyl/N-ethyl adjacent to an activating group) is 1. The molecular formula is C11H16BrClN4O2. The summed E-state index contributed by atoms with van der Waals surface area (Å²) in [7, 11) is 1.56. The maximum absolute atomic E-state index is 11.6. The molecule has 0 fully saturated rings. The van der Waals surface area contributed by atoms with E-state index >= 15 is 0 Å². The molecule has 1 aromatic heterocycles. The Labute approximate surface area is 126 Å². The van der Waals surface area contributed by atoms with Gasteiger partial charge in [0.05, 0.1) is 6.54 Å². The molecule has 0 saturated heterocycles. The standard InChI is InChI=1S/C11H15BrN4O2.ClH/c1-16(11(18)4-5-13)7-10(17)15-9-3-2-8(12)6-14-9;/h2-3,6H,4-5,7,13H2,1H3,(H,14,15,17);1H. The molecule has 0 aliphatic rings. The van der Waals surface area contributed by atoms with E-state index in [-0.39, 0.29) is 43.7 Å². The number of hydrogen-bond donors (Lipinski definition) is 2. The Kier molecular flexibility index (Phi) is 8.29. The third-order valence-electron chi connectivity index (χ3n) is 2.16. The van der Waals surface area contributed by atoms with E-state index in [2.05, 4.69) is 26.2 Å². The summed E-state index contributed by atoms with van der Waals surface area (Å²) in [5.41, 5.74) is 5.27. The molecule has 1 aromatic rings. The average Bonchev–Trinajstić information content (AvgIpc) is 2.32. The van der Waals surface area contributed by atoms with Crippen molar-refractivity contribution in [3.05, 3.63) is 22.8 Å². The van der Waals surface area contributed by atoms with Gasteiger partial charge < -0.3 is 16.0 Å². The number of amides is 2. The van der Waals surface area contributed by atoms with Crippen LogP contribution < -0.4 is 11.1 Å². The van der Waals surface area contributed by atoms with E-state index in [0.717, 1.165) is 4.47 Å². The summed E-state index contributed by atoms with van der Waals surface area (Å²) in [6.45, 7) is 0.260. The van der Waals surface area contributed by atoms with Crippen LogP contribution >= 0.6 is 28.3 Å². The van der Waals surface area contributed by atoms with Crippen LogP contribution in [0.15, 0.2) is 22.8 Å². The number of carbonyl (C=O) groups excluding carboxylic acids is 2. The van der Waals surface area contributed by atoms with Crippen molar-refractivity contribution < 1.29 is 9.59 Å². The molecule has 0 atom stereocenters. The summed E-state index contributed by atoms with van der Waals surface area (Å²) < 4.78 is 0.829. The molecular weight excluding hydrogens is 336 g/mol. The number of aromatic nitrogens is 1. The van der Waals surface area contributed by atoms with Gasteiger partial charge in [-0.05, 0) is 28.1 Å². The summed E-state index contributed by atoms with van der Waals surface area (Å²) in [4.78, 5) is 28.4. The first-order chi connectivity index (χ1) is 8.52. The molecule has 0 radical (unpaired) electrons. The Morgan fingerprint density at radius 1 is 1.47 bits per heavy atom. The van der Waals surface area contributed by atoms with Gasteiger partial charge in [0.25, 0.3) is 0 Å². The molecule has 106 valence electrons. The van der Waals surface area contributed by atoms with Crippen LogP contribution in [-0.4, -0.2) is 41.8 Å². The molecule has 2 amide bonds. The van der Waals surface area contributed by atoms with Gasteiger partial charge in [0.2, 0.25) is 11.8 Å². The van der Waals surface area contributed by atoms with Crippen LogP contribution in [0.4, 0.5) is 5.82 Å². The molecule has 0 aliphatic heterocycles. The number of hydrogen-bond acceptors (Lipinski definition) is 4. The third kappa shape index (κ3) is 6.51. The van der Waals surface area contributed by atoms with E-state index in [9.17, 15) is 9.59 Å². The average molecular weight is 352 g/mol. The van der Waals surface area contributed by atoms with Crippen molar-refractivity contribution in [2.75, 3.05) is 25.5 Å². The quantitative estimate of drug-likeness (QED) is 0.829. The summed E-state index contributed by atoms with van der Waals surface area (Å²) in [5, 5.41) is 2.60. The Balaban J connectivity index is 0.00000324. The highest BCUT2D eigenvalue weighted by Gasteiger charge is 2.12. The molecule has 1 heterocycles. The fourth-order valence-electron chi connectivity index (χ4n) is 1.25. The first-order valence-corrected chi connectivity index (χ1v) is 6.17. The molecule has 0 aliphatic carbocycles. The molecule has 3 N–H and O–H groups in total. The first kappa shape index (κ1) is 17.8. The highest BCUT2D eigenvalue weighted by molar-refractivity contribution is 9.10. The highest BCUT2D eigenvalue weighted by atomic mass is 79.9. The van der Waals surface area contributed by atoms with Gasteiger partial charge in [-0.1, -0.05) is 0 Å². The van der Waals surface area contributed by atoms with E-state index < -0.39 is 0 Å². The van der Waals surface area contributed by atoms with E-state index in [0.29, 0.717) is 5.82 Å². The van der Waals surface area contributed by atoms with E-state index in [1.165, 1.54) is 4.90 Å². The molecule has 0 unspecified atom stereocenters. The number of anilines is 1. The van der Waals surface area contributed by atoms with Gasteiger partial charge in [-0.2, -0.15) is 0 Å². The summed E-state index contributed by atoms with van der Waals surface area (Å²) >= 11 is 3.25. The monoisotopic (exact) mass is 350 g/mol. The first-order valence-electron chi connectivity index (χ1n) is 5.38. The van der Waals surface area contributed by atoms with Crippen LogP contribution in [0, 0.1) is 0 Å². The summed E-state index contributed by atoms with van der Waals surface area (Å²) in [6, 6.07) is 3.44.